The molecule has 0 bridgehead atoms. The fourth-order valence-corrected chi connectivity index (χ4v) is 2.85. The van der Waals surface area contributed by atoms with E-state index in [0.29, 0.717) is 24.7 Å². The molecular formula is C18H23N3O3. The number of aromatic nitrogens is 1. The van der Waals surface area contributed by atoms with Gasteiger partial charge >= 0.3 is 0 Å². The summed E-state index contributed by atoms with van der Waals surface area (Å²) in [5.74, 6) is 1.44. The molecule has 1 saturated heterocycles. The number of nitrogens with zero attached hydrogens (tertiary/aromatic N) is 1. The van der Waals surface area contributed by atoms with Crippen LogP contribution in [0, 0.1) is 0 Å². The molecule has 2 N–H and O–H groups in total. The van der Waals surface area contributed by atoms with Crippen molar-refractivity contribution in [2.75, 3.05) is 19.7 Å². The summed E-state index contributed by atoms with van der Waals surface area (Å²) in [6, 6.07) is 7.68. The maximum Gasteiger partial charge on any atom is 0.273 e. The van der Waals surface area contributed by atoms with E-state index in [1.165, 1.54) is 6.26 Å². The summed E-state index contributed by atoms with van der Waals surface area (Å²) in [4.78, 5) is 16.6. The van der Waals surface area contributed by atoms with Crippen LogP contribution in [-0.4, -0.2) is 30.6 Å². The average molecular weight is 329 g/mol. The Morgan fingerprint density at radius 3 is 3.12 bits per heavy atom. The van der Waals surface area contributed by atoms with Gasteiger partial charge in [0.2, 0.25) is 0 Å². The zero-order valence-corrected chi connectivity index (χ0v) is 13.9. The third-order valence-electron chi connectivity index (χ3n) is 4.11. The number of benzene rings is 1. The smallest absolute Gasteiger partial charge is 0.273 e. The van der Waals surface area contributed by atoms with Gasteiger partial charge in [-0.05, 0) is 32.4 Å². The van der Waals surface area contributed by atoms with Gasteiger partial charge < -0.3 is 19.8 Å². The highest BCUT2D eigenvalue weighted by atomic mass is 16.5. The fourth-order valence-electron chi connectivity index (χ4n) is 2.85. The minimum atomic E-state index is -0.236. The molecule has 0 spiro atoms. The molecule has 1 amide bonds. The van der Waals surface area contributed by atoms with Gasteiger partial charge in [-0.3, -0.25) is 4.79 Å². The number of rotatable bonds is 6. The van der Waals surface area contributed by atoms with Crippen molar-refractivity contribution in [3.05, 3.63) is 47.7 Å². The van der Waals surface area contributed by atoms with Crippen LogP contribution in [0.25, 0.3) is 0 Å². The molecule has 2 heterocycles. The van der Waals surface area contributed by atoms with E-state index in [-0.39, 0.29) is 11.8 Å². The van der Waals surface area contributed by atoms with Crippen LogP contribution < -0.4 is 15.4 Å². The largest absolute Gasteiger partial charge is 0.494 e. The molecule has 1 aliphatic heterocycles. The predicted octanol–water partition coefficient (Wildman–Crippen LogP) is 2.47. The van der Waals surface area contributed by atoms with Crippen LogP contribution in [0.15, 0.2) is 34.9 Å². The van der Waals surface area contributed by atoms with Crippen molar-refractivity contribution < 1.29 is 13.9 Å². The van der Waals surface area contributed by atoms with Gasteiger partial charge in [0.25, 0.3) is 5.91 Å². The number of ether oxygens (including phenoxy) is 1. The van der Waals surface area contributed by atoms with E-state index in [1.54, 1.807) is 0 Å². The lowest BCUT2D eigenvalue weighted by molar-refractivity contribution is 0.0945. The summed E-state index contributed by atoms with van der Waals surface area (Å²) >= 11 is 0. The molecule has 1 fully saturated rings. The Morgan fingerprint density at radius 1 is 1.46 bits per heavy atom. The van der Waals surface area contributed by atoms with Crippen LogP contribution in [0.4, 0.5) is 0 Å². The number of carbonyl (C=O) groups is 1. The predicted molar refractivity (Wildman–Crippen MR) is 90.1 cm³/mol. The van der Waals surface area contributed by atoms with Crippen LogP contribution in [0.3, 0.4) is 0 Å². The molecule has 1 atom stereocenters. The van der Waals surface area contributed by atoms with E-state index >= 15 is 0 Å². The van der Waals surface area contributed by atoms with Crippen molar-refractivity contribution in [1.82, 2.24) is 15.6 Å². The van der Waals surface area contributed by atoms with Crippen LogP contribution >= 0.6 is 0 Å². The Bertz CT molecular complexity index is 678. The summed E-state index contributed by atoms with van der Waals surface area (Å²) in [5, 5.41) is 6.20. The monoisotopic (exact) mass is 329 g/mol. The molecule has 0 aliphatic carbocycles. The summed E-state index contributed by atoms with van der Waals surface area (Å²) < 4.78 is 11.1. The third kappa shape index (κ3) is 3.94. The molecule has 3 rings (SSSR count). The minimum absolute atomic E-state index is 0.236. The second-order valence-corrected chi connectivity index (χ2v) is 5.84. The highest BCUT2D eigenvalue weighted by molar-refractivity contribution is 5.91. The fraction of sp³-hybridized carbons (Fsp3) is 0.444. The summed E-state index contributed by atoms with van der Waals surface area (Å²) in [7, 11) is 0. The summed E-state index contributed by atoms with van der Waals surface area (Å²) in [5.41, 5.74) is 1.26. The molecule has 1 unspecified atom stereocenters. The molecule has 0 radical (unpaired) electrons. The number of carbonyl (C=O) groups excluding carboxylic acids is 1. The number of piperidine rings is 1. The highest BCUT2D eigenvalue weighted by Gasteiger charge is 2.22. The van der Waals surface area contributed by atoms with Gasteiger partial charge in [0.05, 0.1) is 6.61 Å². The molecule has 6 heteroatoms. The first kappa shape index (κ1) is 16.5. The number of amides is 1. The first-order valence-corrected chi connectivity index (χ1v) is 8.43. The van der Waals surface area contributed by atoms with E-state index in [9.17, 15) is 4.79 Å². The maximum absolute atomic E-state index is 12.3. The molecule has 1 aliphatic rings. The number of para-hydroxylation sites is 1. The topological polar surface area (TPSA) is 76.4 Å². The molecule has 24 heavy (non-hydrogen) atoms. The van der Waals surface area contributed by atoms with Gasteiger partial charge in [-0.15, -0.1) is 0 Å². The third-order valence-corrected chi connectivity index (χ3v) is 4.11. The van der Waals surface area contributed by atoms with E-state index < -0.39 is 0 Å². The van der Waals surface area contributed by atoms with Gasteiger partial charge in [-0.2, -0.15) is 0 Å². The summed E-state index contributed by atoms with van der Waals surface area (Å²) in [6.07, 6.45) is 3.58. The van der Waals surface area contributed by atoms with Crippen molar-refractivity contribution in [2.24, 2.45) is 0 Å². The lowest BCUT2D eigenvalue weighted by Gasteiger charge is -2.19. The zero-order chi connectivity index (χ0) is 16.8. The second-order valence-electron chi connectivity index (χ2n) is 5.84. The Hall–Kier alpha value is -2.34. The van der Waals surface area contributed by atoms with Crippen molar-refractivity contribution in [3.63, 3.8) is 0 Å². The van der Waals surface area contributed by atoms with E-state index in [4.69, 9.17) is 9.15 Å². The quantitative estimate of drug-likeness (QED) is 0.851. The van der Waals surface area contributed by atoms with Gasteiger partial charge in [0.15, 0.2) is 11.6 Å². The molecule has 6 nitrogen and oxygen atoms in total. The second kappa shape index (κ2) is 7.97. The van der Waals surface area contributed by atoms with Crippen molar-refractivity contribution >= 4 is 5.91 Å². The van der Waals surface area contributed by atoms with Crippen LogP contribution in [-0.2, 0) is 6.54 Å². The standard InChI is InChI=1S/C18H23N3O3/c1-2-23-16-8-4-3-6-13(16)11-20-17(22)15-12-24-18(21-15)14-7-5-9-19-10-14/h3-4,6,8,12,14,19H,2,5,7,9-11H2,1H3,(H,20,22). The molecule has 0 saturated carbocycles. The number of hydrogen-bond acceptors (Lipinski definition) is 5. The highest BCUT2D eigenvalue weighted by Crippen LogP contribution is 2.22. The van der Waals surface area contributed by atoms with Crippen LogP contribution in [0.2, 0.25) is 0 Å². The average Bonchev–Trinajstić information content (AvgIpc) is 3.12. The molecule has 1 aromatic carbocycles. The number of oxazole rings is 1. The van der Waals surface area contributed by atoms with Crippen molar-refractivity contribution in [1.29, 1.82) is 0 Å². The molecule has 1 aromatic heterocycles. The lowest BCUT2D eigenvalue weighted by atomic mass is 10.00. The molecular weight excluding hydrogens is 306 g/mol. The van der Waals surface area contributed by atoms with E-state index in [2.05, 4.69) is 15.6 Å². The van der Waals surface area contributed by atoms with Gasteiger partial charge in [-0.25, -0.2) is 4.98 Å². The van der Waals surface area contributed by atoms with E-state index in [1.807, 2.05) is 31.2 Å². The Labute approximate surface area is 141 Å². The Morgan fingerprint density at radius 2 is 2.33 bits per heavy atom. The zero-order valence-electron chi connectivity index (χ0n) is 13.9. The van der Waals surface area contributed by atoms with Gasteiger partial charge in [0.1, 0.15) is 12.0 Å². The van der Waals surface area contributed by atoms with E-state index in [0.717, 1.165) is 37.2 Å². The maximum atomic E-state index is 12.3. The number of hydrogen-bond donors (Lipinski definition) is 2. The lowest BCUT2D eigenvalue weighted by Crippen LogP contribution is -2.28. The first-order valence-electron chi connectivity index (χ1n) is 8.43. The molecule has 128 valence electrons. The minimum Gasteiger partial charge on any atom is -0.494 e. The van der Waals surface area contributed by atoms with Crippen LogP contribution in [0.5, 0.6) is 5.75 Å². The van der Waals surface area contributed by atoms with Crippen molar-refractivity contribution in [2.45, 2.75) is 32.2 Å². The Kier molecular flexibility index (Phi) is 5.48. The Balaban J connectivity index is 1.60. The summed E-state index contributed by atoms with van der Waals surface area (Å²) in [6.45, 7) is 4.80. The normalized spacial score (nSPS) is 17.5. The van der Waals surface area contributed by atoms with Gasteiger partial charge in [0, 0.05) is 24.6 Å². The number of nitrogens with one attached hydrogen (secondary N) is 2. The SMILES string of the molecule is CCOc1ccccc1CNC(=O)c1coc(C2CCCNC2)n1. The van der Waals surface area contributed by atoms with Gasteiger partial charge in [-0.1, -0.05) is 18.2 Å². The van der Waals surface area contributed by atoms with Crippen LogP contribution in [0.1, 0.15) is 47.6 Å². The first-order chi connectivity index (χ1) is 11.8. The van der Waals surface area contributed by atoms with Crippen molar-refractivity contribution in [3.8, 4) is 5.75 Å². The molecule has 2 aromatic rings.